The summed E-state index contributed by atoms with van der Waals surface area (Å²) in [5.41, 5.74) is 1.87. The Kier molecular flexibility index (Phi) is 8.16. The first-order valence-corrected chi connectivity index (χ1v) is 10.4. The van der Waals surface area contributed by atoms with E-state index in [1.165, 1.54) is 11.8 Å². The van der Waals surface area contributed by atoms with Crippen LogP contribution in [0.2, 0.25) is 0 Å². The summed E-state index contributed by atoms with van der Waals surface area (Å²) in [6, 6.07) is 7.57. The Balaban J connectivity index is 1.83. The van der Waals surface area contributed by atoms with Gasteiger partial charge in [-0.1, -0.05) is 17.7 Å². The van der Waals surface area contributed by atoms with Gasteiger partial charge in [-0.3, -0.25) is 14.4 Å². The van der Waals surface area contributed by atoms with Crippen molar-refractivity contribution in [2.24, 2.45) is 0 Å². The Hall–Kier alpha value is -2.02. The van der Waals surface area contributed by atoms with E-state index in [0.717, 1.165) is 30.5 Å². The van der Waals surface area contributed by atoms with Gasteiger partial charge in [-0.25, -0.2) is 0 Å². The first-order valence-electron chi connectivity index (χ1n) is 9.37. The van der Waals surface area contributed by atoms with Crippen LogP contribution in [0.25, 0.3) is 0 Å². The minimum atomic E-state index is -0.830. The summed E-state index contributed by atoms with van der Waals surface area (Å²) in [4.78, 5) is 37.6. The highest BCUT2D eigenvalue weighted by atomic mass is 32.2. The first kappa shape index (κ1) is 21.3. The second-order valence-electron chi connectivity index (χ2n) is 6.98. The van der Waals surface area contributed by atoms with Gasteiger partial charge in [0, 0.05) is 24.7 Å². The molecule has 1 fully saturated rings. The van der Waals surface area contributed by atoms with Crippen molar-refractivity contribution in [3.63, 3.8) is 0 Å². The first-order chi connectivity index (χ1) is 12.9. The van der Waals surface area contributed by atoms with E-state index in [0.29, 0.717) is 13.0 Å². The second kappa shape index (κ2) is 10.3. The van der Waals surface area contributed by atoms with Crippen LogP contribution in [0, 0.1) is 6.92 Å². The van der Waals surface area contributed by atoms with Gasteiger partial charge in [-0.2, -0.15) is 0 Å². The maximum atomic E-state index is 12.8. The Labute approximate surface area is 164 Å². The number of carboxylic acids is 1. The predicted octanol–water partition coefficient (Wildman–Crippen LogP) is 3.30. The number of nitrogens with one attached hydrogen (secondary N) is 1. The molecule has 148 valence electrons. The number of anilines is 1. The van der Waals surface area contributed by atoms with E-state index >= 15 is 0 Å². The third-order valence-corrected chi connectivity index (χ3v) is 5.88. The van der Waals surface area contributed by atoms with E-state index in [9.17, 15) is 14.4 Å². The molecule has 6 nitrogen and oxygen atoms in total. The smallest absolute Gasteiger partial charge is 0.303 e. The normalized spacial score (nSPS) is 18.0. The van der Waals surface area contributed by atoms with Gasteiger partial charge in [-0.15, -0.1) is 11.8 Å². The Morgan fingerprint density at radius 2 is 1.96 bits per heavy atom. The Morgan fingerprint density at radius 1 is 1.26 bits per heavy atom. The van der Waals surface area contributed by atoms with Crippen LogP contribution in [0.3, 0.4) is 0 Å². The summed E-state index contributed by atoms with van der Waals surface area (Å²) in [6.45, 7) is 4.47. The summed E-state index contributed by atoms with van der Waals surface area (Å²) in [5, 5.41) is 11.4. The molecule has 0 spiro atoms. The van der Waals surface area contributed by atoms with E-state index < -0.39 is 5.97 Å². The monoisotopic (exact) mass is 392 g/mol. The number of aryl methyl sites for hydroxylation is 1. The minimum absolute atomic E-state index is 0.00164. The fraction of sp³-hybridized carbons (Fsp3) is 0.550. The van der Waals surface area contributed by atoms with E-state index in [-0.39, 0.29) is 35.3 Å². The number of carbonyl (C=O) groups excluding carboxylic acids is 2. The van der Waals surface area contributed by atoms with E-state index in [1.807, 2.05) is 43.0 Å². The van der Waals surface area contributed by atoms with Crippen molar-refractivity contribution in [3.05, 3.63) is 29.8 Å². The number of rotatable bonds is 8. The maximum Gasteiger partial charge on any atom is 0.303 e. The lowest BCUT2D eigenvalue weighted by Crippen LogP contribution is -2.47. The predicted molar refractivity (Wildman–Crippen MR) is 108 cm³/mol. The van der Waals surface area contributed by atoms with Crippen molar-refractivity contribution in [3.8, 4) is 0 Å². The SMILES string of the molecule is Cc1ccc(NC(=O)CSC(C)C(=O)N2CCCCC2CCC(=O)O)cc1. The topological polar surface area (TPSA) is 86.7 Å². The standard InChI is InChI=1S/C20H28N2O4S/c1-14-6-8-16(9-7-14)21-18(23)13-27-15(2)20(26)22-12-4-3-5-17(22)10-11-19(24)25/h6-9,15,17H,3-5,10-13H2,1-2H3,(H,21,23)(H,24,25). The van der Waals surface area contributed by atoms with Gasteiger partial charge >= 0.3 is 5.97 Å². The molecule has 1 heterocycles. The summed E-state index contributed by atoms with van der Waals surface area (Å²) >= 11 is 1.32. The van der Waals surface area contributed by atoms with Crippen molar-refractivity contribution in [2.75, 3.05) is 17.6 Å². The lowest BCUT2D eigenvalue weighted by molar-refractivity contribution is -0.139. The number of carboxylic acid groups (broad SMARTS) is 1. The van der Waals surface area contributed by atoms with Crippen LogP contribution in [-0.4, -0.2) is 51.4 Å². The molecule has 0 saturated carbocycles. The number of aliphatic carboxylic acids is 1. The van der Waals surface area contributed by atoms with Crippen molar-refractivity contribution < 1.29 is 19.5 Å². The van der Waals surface area contributed by atoms with Crippen LogP contribution in [0.15, 0.2) is 24.3 Å². The third-order valence-electron chi connectivity index (χ3n) is 4.75. The second-order valence-corrected chi connectivity index (χ2v) is 8.31. The zero-order valence-electron chi connectivity index (χ0n) is 15.9. The van der Waals surface area contributed by atoms with Gasteiger partial charge in [-0.05, 0) is 51.7 Å². The fourth-order valence-corrected chi connectivity index (χ4v) is 3.97. The van der Waals surface area contributed by atoms with Crippen LogP contribution in [0.5, 0.6) is 0 Å². The van der Waals surface area contributed by atoms with Gasteiger partial charge in [0.2, 0.25) is 11.8 Å². The molecule has 2 unspecified atom stereocenters. The third kappa shape index (κ3) is 6.90. The number of hydrogen-bond acceptors (Lipinski definition) is 4. The molecular weight excluding hydrogens is 364 g/mol. The largest absolute Gasteiger partial charge is 0.481 e. The summed E-state index contributed by atoms with van der Waals surface area (Å²) < 4.78 is 0. The van der Waals surface area contributed by atoms with E-state index in [2.05, 4.69) is 5.32 Å². The number of likely N-dealkylation sites (tertiary alicyclic amines) is 1. The molecule has 2 N–H and O–H groups in total. The highest BCUT2D eigenvalue weighted by molar-refractivity contribution is 8.01. The average Bonchev–Trinajstić information content (AvgIpc) is 2.66. The maximum absolute atomic E-state index is 12.8. The number of thioether (sulfide) groups is 1. The quantitative estimate of drug-likeness (QED) is 0.709. The molecule has 2 atom stereocenters. The minimum Gasteiger partial charge on any atom is -0.481 e. The van der Waals surface area contributed by atoms with E-state index in [1.54, 1.807) is 0 Å². The van der Waals surface area contributed by atoms with Gasteiger partial charge in [0.25, 0.3) is 0 Å². The highest BCUT2D eigenvalue weighted by Crippen LogP contribution is 2.24. The van der Waals surface area contributed by atoms with Gasteiger partial charge < -0.3 is 15.3 Å². The zero-order valence-corrected chi connectivity index (χ0v) is 16.8. The lowest BCUT2D eigenvalue weighted by atomic mass is 9.97. The van der Waals surface area contributed by atoms with E-state index in [4.69, 9.17) is 5.11 Å². The van der Waals surface area contributed by atoms with Gasteiger partial charge in [0.15, 0.2) is 0 Å². The molecule has 0 aromatic heterocycles. The molecule has 1 aromatic rings. The van der Waals surface area contributed by atoms with Gasteiger partial charge in [0.05, 0.1) is 11.0 Å². The number of piperidine rings is 1. The van der Waals surface area contributed by atoms with Crippen molar-refractivity contribution >= 4 is 35.2 Å². The fourth-order valence-electron chi connectivity index (χ4n) is 3.22. The number of benzene rings is 1. The summed E-state index contributed by atoms with van der Waals surface area (Å²) in [7, 11) is 0. The molecule has 0 aliphatic carbocycles. The molecule has 0 bridgehead atoms. The molecule has 1 aliphatic rings. The zero-order chi connectivity index (χ0) is 19.8. The number of hydrogen-bond donors (Lipinski definition) is 2. The molecule has 7 heteroatoms. The van der Waals surface area contributed by atoms with Crippen LogP contribution >= 0.6 is 11.8 Å². The Morgan fingerprint density at radius 3 is 2.63 bits per heavy atom. The molecule has 1 saturated heterocycles. The molecule has 2 rings (SSSR count). The molecule has 27 heavy (non-hydrogen) atoms. The van der Waals surface area contributed by atoms with Crippen LogP contribution in [0.4, 0.5) is 5.69 Å². The van der Waals surface area contributed by atoms with Crippen molar-refractivity contribution in [1.82, 2.24) is 4.90 Å². The molecule has 1 aliphatic heterocycles. The molecule has 2 amide bonds. The summed E-state index contributed by atoms with van der Waals surface area (Å²) in [5.74, 6) is -0.764. The number of carbonyl (C=O) groups is 3. The number of nitrogens with zero attached hydrogens (tertiary/aromatic N) is 1. The highest BCUT2D eigenvalue weighted by Gasteiger charge is 2.30. The Bertz CT molecular complexity index is 662. The molecular formula is C20H28N2O4S. The molecule has 1 aromatic carbocycles. The number of amides is 2. The van der Waals surface area contributed by atoms with Crippen molar-refractivity contribution in [2.45, 2.75) is 57.2 Å². The molecule has 0 radical (unpaired) electrons. The average molecular weight is 393 g/mol. The van der Waals surface area contributed by atoms with Crippen LogP contribution < -0.4 is 5.32 Å². The van der Waals surface area contributed by atoms with Crippen molar-refractivity contribution in [1.29, 1.82) is 0 Å². The van der Waals surface area contributed by atoms with Crippen LogP contribution in [-0.2, 0) is 14.4 Å². The van der Waals surface area contributed by atoms with Gasteiger partial charge in [0.1, 0.15) is 0 Å². The lowest BCUT2D eigenvalue weighted by Gasteiger charge is -2.37. The van der Waals surface area contributed by atoms with Crippen LogP contribution in [0.1, 0.15) is 44.6 Å². The summed E-state index contributed by atoms with van der Waals surface area (Å²) in [6.07, 6.45) is 3.39.